The molecule has 138 valence electrons. The predicted octanol–water partition coefficient (Wildman–Crippen LogP) is 3.30. The Morgan fingerprint density at radius 3 is 2.30 bits per heavy atom. The Kier molecular flexibility index (Phi) is 6.25. The fourth-order valence-corrected chi connectivity index (χ4v) is 2.54. The van der Waals surface area contributed by atoms with Gasteiger partial charge >= 0.3 is 6.09 Å². The third-order valence-electron chi connectivity index (χ3n) is 3.86. The molecule has 3 rings (SSSR count). The maximum atomic E-state index is 12.6. The van der Waals surface area contributed by atoms with Gasteiger partial charge in [0.15, 0.2) is 0 Å². The Morgan fingerprint density at radius 2 is 1.63 bits per heavy atom. The standard InChI is InChI=1S/C21H20N2O4/c24-20(22-15-18-12-7-13-26-18)19(14-16-8-3-1-4-9-16)23-21(25)27-17-10-5-2-6-11-17/h1-13,19H,14-15H2,(H,22,24)(H,23,25)/t19-/m0/s1. The third kappa shape index (κ3) is 5.74. The van der Waals surface area contributed by atoms with Crippen LogP contribution in [0.3, 0.4) is 0 Å². The summed E-state index contributed by atoms with van der Waals surface area (Å²) in [5.41, 5.74) is 0.927. The number of nitrogens with one attached hydrogen (secondary N) is 2. The van der Waals surface area contributed by atoms with Gasteiger partial charge in [-0.1, -0.05) is 48.5 Å². The van der Waals surface area contributed by atoms with E-state index in [4.69, 9.17) is 9.15 Å². The molecule has 0 aliphatic rings. The van der Waals surface area contributed by atoms with Crippen molar-refractivity contribution >= 4 is 12.0 Å². The monoisotopic (exact) mass is 364 g/mol. The summed E-state index contributed by atoms with van der Waals surface area (Å²) in [7, 11) is 0. The molecule has 1 atom stereocenters. The first-order chi connectivity index (χ1) is 13.2. The number of furan rings is 1. The van der Waals surface area contributed by atoms with Gasteiger partial charge in [0.05, 0.1) is 12.8 Å². The Bertz CT molecular complexity index is 848. The lowest BCUT2D eigenvalue weighted by Crippen LogP contribution is -2.48. The van der Waals surface area contributed by atoms with Gasteiger partial charge in [0.2, 0.25) is 5.91 Å². The molecule has 0 saturated heterocycles. The number of para-hydroxylation sites is 1. The van der Waals surface area contributed by atoms with Crippen LogP contribution in [0, 0.1) is 0 Å². The van der Waals surface area contributed by atoms with Crippen LogP contribution in [0.1, 0.15) is 11.3 Å². The van der Waals surface area contributed by atoms with E-state index in [1.165, 1.54) is 0 Å². The van der Waals surface area contributed by atoms with Gasteiger partial charge in [-0.3, -0.25) is 4.79 Å². The molecule has 2 N–H and O–H groups in total. The van der Waals surface area contributed by atoms with Gasteiger partial charge in [-0.2, -0.15) is 0 Å². The lowest BCUT2D eigenvalue weighted by atomic mass is 10.1. The fourth-order valence-electron chi connectivity index (χ4n) is 2.54. The molecule has 0 unspecified atom stereocenters. The van der Waals surface area contributed by atoms with Crippen molar-refractivity contribution < 1.29 is 18.7 Å². The predicted molar refractivity (Wildman–Crippen MR) is 100 cm³/mol. The Hall–Kier alpha value is -3.54. The van der Waals surface area contributed by atoms with Crippen LogP contribution in [0.5, 0.6) is 5.75 Å². The summed E-state index contributed by atoms with van der Waals surface area (Å²) in [4.78, 5) is 24.8. The molecule has 27 heavy (non-hydrogen) atoms. The van der Waals surface area contributed by atoms with Gasteiger partial charge in [-0.25, -0.2) is 4.79 Å². The molecule has 0 fully saturated rings. The minimum absolute atomic E-state index is 0.243. The minimum atomic E-state index is -0.779. The van der Waals surface area contributed by atoms with Crippen LogP contribution in [0.2, 0.25) is 0 Å². The van der Waals surface area contributed by atoms with Gasteiger partial charge in [-0.05, 0) is 29.8 Å². The molecule has 0 aliphatic carbocycles. The number of amides is 2. The molecule has 0 spiro atoms. The second kappa shape index (κ2) is 9.24. The first-order valence-electron chi connectivity index (χ1n) is 8.58. The fraction of sp³-hybridized carbons (Fsp3) is 0.143. The summed E-state index contributed by atoms with van der Waals surface area (Å²) in [5, 5.41) is 5.41. The molecule has 2 amide bonds. The number of hydrogen-bond acceptors (Lipinski definition) is 4. The highest BCUT2D eigenvalue weighted by molar-refractivity contribution is 5.86. The van der Waals surface area contributed by atoms with E-state index in [1.54, 1.807) is 42.7 Å². The first-order valence-corrected chi connectivity index (χ1v) is 8.58. The van der Waals surface area contributed by atoms with E-state index < -0.39 is 12.1 Å². The van der Waals surface area contributed by atoms with Gasteiger partial charge < -0.3 is 19.8 Å². The molecule has 0 radical (unpaired) electrons. The molecule has 3 aromatic rings. The Labute approximate surface area is 157 Å². The van der Waals surface area contributed by atoms with Crippen LogP contribution in [0.25, 0.3) is 0 Å². The highest BCUT2D eigenvalue weighted by Crippen LogP contribution is 2.09. The molecule has 1 aromatic heterocycles. The van der Waals surface area contributed by atoms with Crippen LogP contribution >= 0.6 is 0 Å². The number of rotatable bonds is 7. The summed E-state index contributed by atoms with van der Waals surface area (Å²) in [5.74, 6) is 0.721. The first kappa shape index (κ1) is 18.3. The molecule has 0 aliphatic heterocycles. The quantitative estimate of drug-likeness (QED) is 0.674. The maximum Gasteiger partial charge on any atom is 0.413 e. The summed E-state index contributed by atoms with van der Waals surface area (Å²) in [6.45, 7) is 0.243. The normalized spacial score (nSPS) is 11.4. The lowest BCUT2D eigenvalue weighted by molar-refractivity contribution is -0.123. The van der Waals surface area contributed by atoms with E-state index in [0.717, 1.165) is 5.56 Å². The average Bonchev–Trinajstić information content (AvgIpc) is 3.21. The topological polar surface area (TPSA) is 80.6 Å². The van der Waals surface area contributed by atoms with Crippen molar-refractivity contribution in [1.82, 2.24) is 10.6 Å². The molecule has 6 nitrogen and oxygen atoms in total. The zero-order valence-electron chi connectivity index (χ0n) is 14.6. The van der Waals surface area contributed by atoms with E-state index in [2.05, 4.69) is 10.6 Å². The Morgan fingerprint density at radius 1 is 0.926 bits per heavy atom. The Balaban J connectivity index is 1.64. The highest BCUT2D eigenvalue weighted by Gasteiger charge is 2.22. The minimum Gasteiger partial charge on any atom is -0.467 e. The van der Waals surface area contributed by atoms with Gasteiger partial charge in [0.25, 0.3) is 0 Å². The lowest BCUT2D eigenvalue weighted by Gasteiger charge is -2.18. The van der Waals surface area contributed by atoms with Crippen LogP contribution in [-0.4, -0.2) is 18.0 Å². The van der Waals surface area contributed by atoms with Crippen molar-refractivity contribution in [2.45, 2.75) is 19.0 Å². The van der Waals surface area contributed by atoms with Gasteiger partial charge in [0, 0.05) is 6.42 Å². The van der Waals surface area contributed by atoms with E-state index in [0.29, 0.717) is 17.9 Å². The van der Waals surface area contributed by atoms with Crippen LogP contribution in [-0.2, 0) is 17.8 Å². The number of hydrogen-bond donors (Lipinski definition) is 2. The smallest absolute Gasteiger partial charge is 0.413 e. The highest BCUT2D eigenvalue weighted by atomic mass is 16.6. The van der Waals surface area contributed by atoms with Crippen LogP contribution in [0.4, 0.5) is 4.79 Å². The molecular formula is C21H20N2O4. The van der Waals surface area contributed by atoms with Crippen LogP contribution in [0.15, 0.2) is 83.5 Å². The van der Waals surface area contributed by atoms with Crippen molar-refractivity contribution in [3.8, 4) is 5.75 Å². The number of carbonyl (C=O) groups is 2. The second-order valence-electron chi connectivity index (χ2n) is 5.89. The number of ether oxygens (including phenoxy) is 1. The second-order valence-corrected chi connectivity index (χ2v) is 5.89. The average molecular weight is 364 g/mol. The van der Waals surface area contributed by atoms with Crippen molar-refractivity contribution in [1.29, 1.82) is 0 Å². The molecule has 6 heteroatoms. The van der Waals surface area contributed by atoms with Crippen molar-refractivity contribution in [3.05, 3.63) is 90.4 Å². The number of carbonyl (C=O) groups excluding carboxylic acids is 2. The SMILES string of the molecule is O=C(N[C@@H](Cc1ccccc1)C(=O)NCc1ccco1)Oc1ccccc1. The van der Waals surface area contributed by atoms with Crippen LogP contribution < -0.4 is 15.4 Å². The molecule has 0 saturated carbocycles. The maximum absolute atomic E-state index is 12.6. The molecular weight excluding hydrogens is 344 g/mol. The summed E-state index contributed by atoms with van der Waals surface area (Å²) in [6, 6.07) is 20.9. The van der Waals surface area contributed by atoms with E-state index in [-0.39, 0.29) is 12.5 Å². The van der Waals surface area contributed by atoms with Crippen molar-refractivity contribution in [2.24, 2.45) is 0 Å². The van der Waals surface area contributed by atoms with Crippen molar-refractivity contribution in [3.63, 3.8) is 0 Å². The molecule has 2 aromatic carbocycles. The number of benzene rings is 2. The van der Waals surface area contributed by atoms with Gasteiger partial charge in [0.1, 0.15) is 17.6 Å². The zero-order valence-corrected chi connectivity index (χ0v) is 14.6. The largest absolute Gasteiger partial charge is 0.467 e. The molecule has 1 heterocycles. The summed E-state index contributed by atoms with van der Waals surface area (Å²) >= 11 is 0. The summed E-state index contributed by atoms with van der Waals surface area (Å²) < 4.78 is 10.4. The van der Waals surface area contributed by atoms with E-state index in [9.17, 15) is 9.59 Å². The van der Waals surface area contributed by atoms with Gasteiger partial charge in [-0.15, -0.1) is 0 Å². The molecule has 0 bridgehead atoms. The van der Waals surface area contributed by atoms with E-state index in [1.807, 2.05) is 36.4 Å². The summed E-state index contributed by atoms with van der Waals surface area (Å²) in [6.07, 6.45) is 1.20. The zero-order chi connectivity index (χ0) is 18.9. The van der Waals surface area contributed by atoms with Crippen molar-refractivity contribution in [2.75, 3.05) is 0 Å². The van der Waals surface area contributed by atoms with E-state index >= 15 is 0 Å². The third-order valence-corrected chi connectivity index (χ3v) is 3.86.